The van der Waals surface area contributed by atoms with Gasteiger partial charge in [0, 0.05) is 37.3 Å². The van der Waals surface area contributed by atoms with Crippen LogP contribution in [0.2, 0.25) is 0 Å². The van der Waals surface area contributed by atoms with Crippen molar-refractivity contribution in [3.05, 3.63) is 87.5 Å². The highest BCUT2D eigenvalue weighted by Crippen LogP contribution is 2.27. The van der Waals surface area contributed by atoms with E-state index in [0.717, 1.165) is 61.1 Å². The monoisotopic (exact) mass is 486 g/mol. The second-order valence-corrected chi connectivity index (χ2v) is 9.70. The first-order valence-corrected chi connectivity index (χ1v) is 12.9. The number of fused-ring (bicyclic) bond motifs is 1. The second kappa shape index (κ2) is 11.1. The van der Waals surface area contributed by atoms with Gasteiger partial charge in [0.15, 0.2) is 5.82 Å². The third-order valence-corrected chi connectivity index (χ3v) is 7.05. The molecule has 1 N–H and O–H groups in total. The molecule has 3 heterocycles. The summed E-state index contributed by atoms with van der Waals surface area (Å²) in [5.74, 6) is 0.833. The van der Waals surface area contributed by atoms with Gasteiger partial charge in [0.1, 0.15) is 0 Å². The first-order valence-electron chi connectivity index (χ1n) is 12.9. The van der Waals surface area contributed by atoms with Gasteiger partial charge >= 0.3 is 0 Å². The van der Waals surface area contributed by atoms with E-state index in [4.69, 9.17) is 4.74 Å². The highest BCUT2D eigenvalue weighted by Gasteiger charge is 2.29. The molecular weight excluding hydrogens is 452 g/mol. The largest absolute Gasteiger partial charge is 0.377 e. The van der Waals surface area contributed by atoms with Crippen LogP contribution < -0.4 is 5.56 Å². The van der Waals surface area contributed by atoms with E-state index in [1.807, 2.05) is 28.9 Å². The number of pyridine rings is 1. The Hall–Kier alpha value is -3.36. The molecule has 0 saturated carbocycles. The van der Waals surface area contributed by atoms with Crippen molar-refractivity contribution in [3.63, 3.8) is 0 Å². The minimum absolute atomic E-state index is 0.0346. The normalized spacial score (nSPS) is 16.7. The molecular formula is C28H34N6O2. The summed E-state index contributed by atoms with van der Waals surface area (Å²) in [6, 6.07) is 18.5. The molecule has 0 bridgehead atoms. The van der Waals surface area contributed by atoms with Crippen molar-refractivity contribution >= 4 is 10.9 Å². The number of aromatic amines is 1. The molecule has 1 saturated heterocycles. The number of H-pyrrole nitrogens is 1. The lowest BCUT2D eigenvalue weighted by molar-refractivity contribution is 0.0488. The van der Waals surface area contributed by atoms with Crippen LogP contribution in [0.4, 0.5) is 0 Å². The maximum Gasteiger partial charge on any atom is 0.252 e. The van der Waals surface area contributed by atoms with E-state index in [-0.39, 0.29) is 17.7 Å². The standard InChI is InChI=1S/C28H34N6O2/c1-3-26(27-30-31-32-34(27)14-13-21-8-5-4-6-9-21)33(19-24-10-7-15-36-24)18-23-17-22-16-20(2)11-12-25(22)29-28(23)35/h4-6,8-9,11-12,16-17,24,26H,3,7,10,13-15,18-19H2,1-2H3,(H,29,35)/t24-,26+/m0/s1. The van der Waals surface area contributed by atoms with E-state index in [1.54, 1.807) is 0 Å². The van der Waals surface area contributed by atoms with E-state index < -0.39 is 0 Å². The van der Waals surface area contributed by atoms with Gasteiger partial charge in [-0.1, -0.05) is 48.9 Å². The quantitative estimate of drug-likeness (QED) is 0.361. The van der Waals surface area contributed by atoms with Gasteiger partial charge in [-0.2, -0.15) is 0 Å². The smallest absolute Gasteiger partial charge is 0.252 e. The lowest BCUT2D eigenvalue weighted by Gasteiger charge is -2.32. The molecule has 1 aliphatic rings. The molecule has 0 amide bonds. The van der Waals surface area contributed by atoms with Crippen LogP contribution in [-0.4, -0.2) is 49.3 Å². The molecule has 2 atom stereocenters. The Morgan fingerprint density at radius 2 is 2.06 bits per heavy atom. The maximum absolute atomic E-state index is 13.1. The summed E-state index contributed by atoms with van der Waals surface area (Å²) in [5.41, 5.74) is 3.97. The third-order valence-electron chi connectivity index (χ3n) is 7.05. The number of benzene rings is 2. The molecule has 2 aromatic carbocycles. The molecule has 4 aromatic rings. The highest BCUT2D eigenvalue weighted by molar-refractivity contribution is 5.79. The number of hydrogen-bond donors (Lipinski definition) is 1. The Balaban J connectivity index is 1.44. The van der Waals surface area contributed by atoms with E-state index in [2.05, 4.69) is 69.6 Å². The minimum atomic E-state index is -0.0535. The van der Waals surface area contributed by atoms with Crippen LogP contribution in [0.3, 0.4) is 0 Å². The molecule has 0 spiro atoms. The molecule has 0 unspecified atom stereocenters. The van der Waals surface area contributed by atoms with E-state index >= 15 is 0 Å². The van der Waals surface area contributed by atoms with E-state index in [9.17, 15) is 4.79 Å². The van der Waals surface area contributed by atoms with Gasteiger partial charge in [0.25, 0.3) is 5.56 Å². The fourth-order valence-electron chi connectivity index (χ4n) is 5.15. The molecule has 0 aliphatic carbocycles. The van der Waals surface area contributed by atoms with Gasteiger partial charge in [-0.3, -0.25) is 9.69 Å². The van der Waals surface area contributed by atoms with Crippen molar-refractivity contribution in [1.82, 2.24) is 30.1 Å². The third kappa shape index (κ3) is 5.55. The average Bonchev–Trinajstić information content (AvgIpc) is 3.57. The van der Waals surface area contributed by atoms with Crippen LogP contribution in [0.5, 0.6) is 0 Å². The lowest BCUT2D eigenvalue weighted by Crippen LogP contribution is -2.37. The Morgan fingerprint density at radius 3 is 2.83 bits per heavy atom. The molecule has 5 rings (SSSR count). The topological polar surface area (TPSA) is 88.9 Å². The van der Waals surface area contributed by atoms with Gasteiger partial charge in [0.05, 0.1) is 12.1 Å². The Bertz CT molecular complexity index is 1340. The summed E-state index contributed by atoms with van der Waals surface area (Å²) < 4.78 is 7.91. The SMILES string of the molecule is CC[C@H](c1nnnn1CCc1ccccc1)N(Cc1cc2cc(C)ccc2[nH]c1=O)C[C@@H]1CCCO1. The lowest BCUT2D eigenvalue weighted by atomic mass is 10.1. The first kappa shape index (κ1) is 24.3. The number of aryl methyl sites for hydroxylation is 3. The number of hydrogen-bond acceptors (Lipinski definition) is 6. The zero-order valence-corrected chi connectivity index (χ0v) is 21.1. The number of nitrogens with zero attached hydrogens (tertiary/aromatic N) is 5. The number of nitrogens with one attached hydrogen (secondary N) is 1. The van der Waals surface area contributed by atoms with E-state index in [1.165, 1.54) is 11.1 Å². The molecule has 1 aliphatic heterocycles. The Labute approximate surface area is 211 Å². The van der Waals surface area contributed by atoms with Crippen molar-refractivity contribution < 1.29 is 4.74 Å². The molecule has 8 nitrogen and oxygen atoms in total. The summed E-state index contributed by atoms with van der Waals surface area (Å²) in [7, 11) is 0. The van der Waals surface area contributed by atoms with Gasteiger partial charge in [-0.25, -0.2) is 4.68 Å². The summed E-state index contributed by atoms with van der Waals surface area (Å²) in [6.45, 7) is 6.94. The van der Waals surface area contributed by atoms with Gasteiger partial charge in [-0.05, 0) is 72.2 Å². The summed E-state index contributed by atoms with van der Waals surface area (Å²) in [6.07, 6.45) is 3.92. The van der Waals surface area contributed by atoms with Crippen LogP contribution >= 0.6 is 0 Å². The van der Waals surface area contributed by atoms with Crippen molar-refractivity contribution in [2.45, 2.75) is 64.8 Å². The molecule has 36 heavy (non-hydrogen) atoms. The summed E-state index contributed by atoms with van der Waals surface area (Å²) in [4.78, 5) is 18.4. The summed E-state index contributed by atoms with van der Waals surface area (Å²) in [5, 5.41) is 13.8. The average molecular weight is 487 g/mol. The zero-order valence-electron chi connectivity index (χ0n) is 21.1. The Kier molecular flexibility index (Phi) is 7.53. The van der Waals surface area contributed by atoms with Crippen molar-refractivity contribution in [3.8, 4) is 0 Å². The molecule has 1 fully saturated rings. The predicted molar refractivity (Wildman–Crippen MR) is 140 cm³/mol. The number of tetrazole rings is 1. The van der Waals surface area contributed by atoms with Crippen LogP contribution in [0, 0.1) is 6.92 Å². The Morgan fingerprint density at radius 1 is 1.19 bits per heavy atom. The molecule has 188 valence electrons. The first-order chi connectivity index (χ1) is 17.6. The minimum Gasteiger partial charge on any atom is -0.377 e. The fourth-order valence-corrected chi connectivity index (χ4v) is 5.15. The van der Waals surface area contributed by atoms with Crippen molar-refractivity contribution in [2.75, 3.05) is 13.2 Å². The van der Waals surface area contributed by atoms with Gasteiger partial charge in [-0.15, -0.1) is 5.10 Å². The molecule has 8 heteroatoms. The van der Waals surface area contributed by atoms with E-state index in [0.29, 0.717) is 13.1 Å². The zero-order chi connectivity index (χ0) is 24.9. The van der Waals surface area contributed by atoms with Crippen LogP contribution in [0.25, 0.3) is 10.9 Å². The number of rotatable bonds is 10. The van der Waals surface area contributed by atoms with Crippen LogP contribution in [-0.2, 0) is 24.2 Å². The fraction of sp³-hybridized carbons (Fsp3) is 0.429. The number of aromatic nitrogens is 5. The van der Waals surface area contributed by atoms with Crippen molar-refractivity contribution in [2.24, 2.45) is 0 Å². The summed E-state index contributed by atoms with van der Waals surface area (Å²) >= 11 is 0. The van der Waals surface area contributed by atoms with Gasteiger partial charge in [0.2, 0.25) is 0 Å². The van der Waals surface area contributed by atoms with Crippen molar-refractivity contribution in [1.29, 1.82) is 0 Å². The molecule has 2 aromatic heterocycles. The van der Waals surface area contributed by atoms with Crippen LogP contribution in [0.15, 0.2) is 59.4 Å². The van der Waals surface area contributed by atoms with Gasteiger partial charge < -0.3 is 9.72 Å². The second-order valence-electron chi connectivity index (χ2n) is 9.70. The highest BCUT2D eigenvalue weighted by atomic mass is 16.5. The molecule has 0 radical (unpaired) electrons. The maximum atomic E-state index is 13.1. The predicted octanol–water partition coefficient (Wildman–Crippen LogP) is 4.20. The van der Waals surface area contributed by atoms with Crippen LogP contribution in [0.1, 0.15) is 54.7 Å². The number of ether oxygens (including phenoxy) is 1.